The van der Waals surface area contributed by atoms with Crippen molar-refractivity contribution in [3.63, 3.8) is 0 Å². The number of ether oxygens (including phenoxy) is 3. The van der Waals surface area contributed by atoms with Crippen molar-refractivity contribution >= 4 is 42.8 Å². The zero-order chi connectivity index (χ0) is 23.0. The highest BCUT2D eigenvalue weighted by Crippen LogP contribution is 2.41. The van der Waals surface area contributed by atoms with E-state index in [4.69, 9.17) is 31.7 Å². The molecule has 0 saturated heterocycles. The summed E-state index contributed by atoms with van der Waals surface area (Å²) >= 11 is 0. The summed E-state index contributed by atoms with van der Waals surface area (Å²) in [4.78, 5) is 0. The number of benzene rings is 3. The fraction of sp³-hybridized carbons (Fsp3) is 0.227. The Balaban J connectivity index is 0.000000465. The molecule has 32 heavy (non-hydrogen) atoms. The summed E-state index contributed by atoms with van der Waals surface area (Å²) in [6.07, 6.45) is 2.00. The number of phenolic OH excluding ortho intramolecular Hbond substituents is 1. The summed E-state index contributed by atoms with van der Waals surface area (Å²) in [5.41, 5.74) is 1.12. The van der Waals surface area contributed by atoms with Crippen molar-refractivity contribution in [2.24, 2.45) is 0 Å². The quantitative estimate of drug-likeness (QED) is 0.214. The lowest BCUT2D eigenvalue weighted by atomic mass is 10.00. The summed E-state index contributed by atoms with van der Waals surface area (Å²) in [6, 6.07) is 12.1. The predicted octanol–water partition coefficient (Wildman–Crippen LogP) is 3.06. The number of nitrogens with zero attached hydrogens (tertiary/aromatic N) is 1. The molecule has 2 heterocycles. The van der Waals surface area contributed by atoms with Crippen LogP contribution in [-0.2, 0) is 16.9 Å². The number of phenols is 1. The maximum Gasteiger partial charge on any atom is 1.00 e. The molecule has 3 aromatic carbocycles. The van der Waals surface area contributed by atoms with E-state index < -0.39 is 10.4 Å². The van der Waals surface area contributed by atoms with Crippen molar-refractivity contribution < 1.29 is 42.8 Å². The van der Waals surface area contributed by atoms with Gasteiger partial charge in [0.25, 0.3) is 0 Å². The van der Waals surface area contributed by atoms with Gasteiger partial charge in [0, 0.05) is 15.8 Å². The van der Waals surface area contributed by atoms with Crippen LogP contribution >= 0.6 is 0 Å². The molecule has 0 atom stereocenters. The first kappa shape index (κ1) is 21.9. The third-order valence-electron chi connectivity index (χ3n) is 5.17. The molecule has 4 aromatic rings. The fourth-order valence-corrected chi connectivity index (χ4v) is 3.92. The number of rotatable bonds is 3. The Morgan fingerprint density at radius 2 is 1.69 bits per heavy atom. The lowest BCUT2D eigenvalue weighted by molar-refractivity contribution is -0.665. The van der Waals surface area contributed by atoms with Crippen molar-refractivity contribution in [2.75, 3.05) is 13.4 Å². The zero-order valence-electron chi connectivity index (χ0n) is 18.3. The number of hydrogen-bond acceptors (Lipinski definition) is 8. The molecule has 0 bridgehead atoms. The Hall–Kier alpha value is -3.34. The number of aryl methyl sites for hydroxylation is 1. The van der Waals surface area contributed by atoms with Gasteiger partial charge in [-0.1, -0.05) is 6.07 Å². The molecule has 0 radical (unpaired) electrons. The molecule has 10 heteroatoms. The van der Waals surface area contributed by atoms with Gasteiger partial charge in [-0.05, 0) is 49.6 Å². The van der Waals surface area contributed by atoms with Gasteiger partial charge in [0.1, 0.15) is 6.54 Å². The maximum absolute atomic E-state index is 10.7. The molecule has 9 nitrogen and oxygen atoms in total. The van der Waals surface area contributed by atoms with E-state index in [-0.39, 0.29) is 14.0 Å². The smallest absolute Gasteiger partial charge is 0.759 e. The minimum atomic E-state index is -5.17. The Labute approximate surface area is 185 Å². The van der Waals surface area contributed by atoms with Crippen LogP contribution in [0.1, 0.15) is 15.3 Å². The summed E-state index contributed by atoms with van der Waals surface area (Å²) in [5.74, 6) is 2.25. The van der Waals surface area contributed by atoms with Crippen molar-refractivity contribution in [1.82, 2.24) is 0 Å². The standard InChI is InChI=1S/C22H19NO4.H2O4S/c1-3-23-11-17-14(7-8-18(22(17)24)25-4-2)15-6-5-13-9-19-20(27-12-26-19)10-16(13)21(15)23;1-5(2,3)4/h5-11H,3-4,12H2,1-2H3;(H2,1,2,3,4). The van der Waals surface area contributed by atoms with Crippen molar-refractivity contribution in [3.05, 3.63) is 42.6 Å². The van der Waals surface area contributed by atoms with E-state index >= 15 is 0 Å². The molecule has 0 amide bonds. The Kier molecular flexibility index (Phi) is 5.68. The zero-order valence-corrected chi connectivity index (χ0v) is 18.1. The summed E-state index contributed by atoms with van der Waals surface area (Å²) in [7, 11) is -5.17. The van der Waals surface area contributed by atoms with Crippen LogP contribution in [0.3, 0.4) is 0 Å². The number of pyridine rings is 1. The second-order valence-corrected chi connectivity index (χ2v) is 7.83. The van der Waals surface area contributed by atoms with E-state index in [0.29, 0.717) is 12.4 Å². The first-order chi connectivity index (χ1) is 15.2. The lowest BCUT2D eigenvalue weighted by Gasteiger charge is -2.11. The van der Waals surface area contributed by atoms with Crippen LogP contribution in [-0.4, -0.2) is 36.0 Å². The van der Waals surface area contributed by atoms with Crippen molar-refractivity contribution in [3.8, 4) is 23.0 Å². The van der Waals surface area contributed by atoms with Crippen molar-refractivity contribution in [1.29, 1.82) is 0 Å². The van der Waals surface area contributed by atoms with Crippen LogP contribution < -0.4 is 18.8 Å². The molecular formula is C22H21NO8S. The monoisotopic (exact) mass is 459 g/mol. The predicted molar refractivity (Wildman–Crippen MR) is 115 cm³/mol. The number of aromatic hydroxyl groups is 1. The second kappa shape index (κ2) is 8.30. The maximum atomic E-state index is 10.7. The highest BCUT2D eigenvalue weighted by atomic mass is 32.3. The van der Waals surface area contributed by atoms with Crippen LogP contribution in [0.5, 0.6) is 23.0 Å². The van der Waals surface area contributed by atoms with Crippen LogP contribution in [0, 0.1) is 0 Å². The minimum absolute atomic E-state index is 0. The molecule has 1 N–H and O–H groups in total. The molecule has 1 aliphatic rings. The highest BCUT2D eigenvalue weighted by molar-refractivity contribution is 7.79. The number of hydrogen-bond donors (Lipinski definition) is 1. The first-order valence-electron chi connectivity index (χ1n) is 9.85. The van der Waals surface area contributed by atoms with E-state index in [1.54, 1.807) is 0 Å². The number of fused-ring (bicyclic) bond motifs is 6. The van der Waals surface area contributed by atoms with E-state index in [9.17, 15) is 5.11 Å². The normalized spacial score (nSPS) is 12.8. The van der Waals surface area contributed by atoms with Gasteiger partial charge in [0.05, 0.1) is 22.8 Å². The summed E-state index contributed by atoms with van der Waals surface area (Å²) in [5, 5.41) is 15.8. The molecule has 168 valence electrons. The van der Waals surface area contributed by atoms with E-state index in [2.05, 4.69) is 23.6 Å². The molecule has 0 unspecified atom stereocenters. The molecule has 5 rings (SSSR count). The topological polar surface area (TPSA) is 132 Å². The van der Waals surface area contributed by atoms with Gasteiger partial charge in [0.2, 0.25) is 12.3 Å². The third kappa shape index (κ3) is 4.07. The molecule has 0 aliphatic carbocycles. The third-order valence-corrected chi connectivity index (χ3v) is 5.17. The van der Waals surface area contributed by atoms with Crippen LogP contribution in [0.15, 0.2) is 42.6 Å². The van der Waals surface area contributed by atoms with Gasteiger partial charge in [-0.15, -0.1) is 0 Å². The van der Waals surface area contributed by atoms with Gasteiger partial charge in [-0.3, -0.25) is 8.42 Å². The Morgan fingerprint density at radius 3 is 2.34 bits per heavy atom. The average Bonchev–Trinajstić information content (AvgIpc) is 3.19. The Morgan fingerprint density at radius 1 is 1.03 bits per heavy atom. The van der Waals surface area contributed by atoms with Gasteiger partial charge in [-0.2, -0.15) is 4.57 Å². The van der Waals surface area contributed by atoms with Crippen LogP contribution in [0.2, 0.25) is 0 Å². The van der Waals surface area contributed by atoms with E-state index in [1.165, 1.54) is 0 Å². The molecule has 0 fully saturated rings. The lowest BCUT2D eigenvalue weighted by Crippen LogP contribution is -2.33. The molecule has 0 saturated carbocycles. The SMILES string of the molecule is CCOc1ccc2c(c[n+](CC)c3c4cc5c(cc4ccc23)OCO5)c1O.O=S(=O)([O-])[O-].[H+]. The van der Waals surface area contributed by atoms with Gasteiger partial charge >= 0.3 is 1.43 Å². The van der Waals surface area contributed by atoms with Crippen LogP contribution in [0.4, 0.5) is 0 Å². The molecular weight excluding hydrogens is 438 g/mol. The molecule has 0 spiro atoms. The van der Waals surface area contributed by atoms with Gasteiger partial charge in [-0.25, -0.2) is 0 Å². The van der Waals surface area contributed by atoms with Gasteiger partial charge in [0.15, 0.2) is 29.2 Å². The minimum Gasteiger partial charge on any atom is -0.759 e. The highest BCUT2D eigenvalue weighted by Gasteiger charge is 2.22. The van der Waals surface area contributed by atoms with Crippen LogP contribution in [0.25, 0.3) is 32.4 Å². The van der Waals surface area contributed by atoms with Crippen molar-refractivity contribution in [2.45, 2.75) is 20.4 Å². The van der Waals surface area contributed by atoms with Gasteiger partial charge < -0.3 is 28.4 Å². The summed E-state index contributed by atoms with van der Waals surface area (Å²) in [6.45, 7) is 5.55. The van der Waals surface area contributed by atoms with E-state index in [1.807, 2.05) is 37.4 Å². The average molecular weight is 459 g/mol. The second-order valence-electron chi connectivity index (χ2n) is 7.02. The molecule has 1 aliphatic heterocycles. The first-order valence-corrected chi connectivity index (χ1v) is 11.2. The van der Waals surface area contributed by atoms with E-state index in [0.717, 1.165) is 50.5 Å². The fourth-order valence-electron chi connectivity index (χ4n) is 3.92. The summed E-state index contributed by atoms with van der Waals surface area (Å²) < 4.78 is 52.9. The molecule has 1 aromatic heterocycles. The Bertz CT molecular complexity index is 1450. The largest absolute Gasteiger partial charge is 1.00 e. The number of aromatic nitrogens is 1.